The fourth-order valence-electron chi connectivity index (χ4n) is 9.01. The van der Waals surface area contributed by atoms with E-state index in [-0.39, 0.29) is 0 Å². The lowest BCUT2D eigenvalue weighted by atomic mass is 9.70. The van der Waals surface area contributed by atoms with Gasteiger partial charge in [0.05, 0.1) is 0 Å². The molecule has 0 amide bonds. The SMILES string of the molecule is CCCCCCCCCCCCCCCCCCCCCC(CCC)(C1CCCCCCCCCCC1)N(CCCC)CCCC. The lowest BCUT2D eigenvalue weighted by Gasteiger charge is -2.51. The predicted octanol–water partition coefficient (Wildman–Crippen LogP) is 16.2. The molecule has 0 radical (unpaired) electrons. The van der Waals surface area contributed by atoms with Gasteiger partial charge in [-0.25, -0.2) is 0 Å². The highest BCUT2D eigenvalue weighted by Crippen LogP contribution is 2.42. The Labute approximate surface area is 294 Å². The van der Waals surface area contributed by atoms with Gasteiger partial charge in [0.1, 0.15) is 0 Å². The molecule has 1 saturated carbocycles. The van der Waals surface area contributed by atoms with Crippen LogP contribution in [0.4, 0.5) is 0 Å². The molecule has 0 spiro atoms. The number of hydrogen-bond donors (Lipinski definition) is 0. The smallest absolute Gasteiger partial charge is 0.0237 e. The average molecular weight is 646 g/mol. The molecule has 0 aromatic heterocycles. The van der Waals surface area contributed by atoms with E-state index in [0.29, 0.717) is 5.54 Å². The zero-order valence-corrected chi connectivity index (χ0v) is 33.1. The van der Waals surface area contributed by atoms with Crippen molar-refractivity contribution in [1.29, 1.82) is 0 Å². The molecule has 0 aromatic rings. The number of rotatable bonds is 30. The number of hydrogen-bond acceptors (Lipinski definition) is 1. The summed E-state index contributed by atoms with van der Waals surface area (Å²) in [7, 11) is 0. The average Bonchev–Trinajstić information content (AvgIpc) is 3.06. The van der Waals surface area contributed by atoms with Crippen molar-refractivity contribution < 1.29 is 0 Å². The van der Waals surface area contributed by atoms with Crippen LogP contribution in [0.15, 0.2) is 0 Å². The minimum Gasteiger partial charge on any atom is -0.297 e. The molecule has 1 aliphatic rings. The number of nitrogens with zero attached hydrogens (tertiary/aromatic N) is 1. The van der Waals surface area contributed by atoms with E-state index in [0.717, 1.165) is 5.92 Å². The van der Waals surface area contributed by atoms with Gasteiger partial charge in [0.2, 0.25) is 0 Å². The summed E-state index contributed by atoms with van der Waals surface area (Å²) in [4.78, 5) is 3.12. The Morgan fingerprint density at radius 3 is 1.02 bits per heavy atom. The summed E-state index contributed by atoms with van der Waals surface area (Å²) in [5, 5.41) is 0. The molecular weight excluding hydrogens is 555 g/mol. The summed E-state index contributed by atoms with van der Waals surface area (Å²) < 4.78 is 0. The molecule has 0 N–H and O–H groups in total. The van der Waals surface area contributed by atoms with E-state index in [4.69, 9.17) is 0 Å². The third-order valence-corrected chi connectivity index (χ3v) is 12.0. The molecule has 0 heterocycles. The quantitative estimate of drug-likeness (QED) is 0.0703. The molecule has 1 atom stereocenters. The Morgan fingerprint density at radius 1 is 0.348 bits per heavy atom. The third-order valence-electron chi connectivity index (χ3n) is 12.0. The molecule has 1 unspecified atom stereocenters. The van der Waals surface area contributed by atoms with E-state index in [2.05, 4.69) is 32.6 Å². The second-order valence-corrected chi connectivity index (χ2v) is 16.1. The van der Waals surface area contributed by atoms with Crippen molar-refractivity contribution in [2.75, 3.05) is 13.1 Å². The lowest BCUT2D eigenvalue weighted by Crippen LogP contribution is -2.55. The van der Waals surface area contributed by atoms with Crippen LogP contribution >= 0.6 is 0 Å². The fraction of sp³-hybridized carbons (Fsp3) is 1.00. The van der Waals surface area contributed by atoms with Gasteiger partial charge in [0.25, 0.3) is 0 Å². The van der Waals surface area contributed by atoms with E-state index in [1.165, 1.54) is 251 Å². The standard InChI is InChI=1S/C45H91N/c1-5-9-12-13-14-15-16-17-18-19-20-21-22-23-24-28-31-34-37-41-45(40-8-4,46(42-10-6-2)43-11-7-3)44-38-35-32-29-26-25-27-30-33-36-39-44/h44H,5-43H2,1-4H3. The molecule has 1 fully saturated rings. The summed E-state index contributed by atoms with van der Waals surface area (Å²) in [5.74, 6) is 0.927. The van der Waals surface area contributed by atoms with Crippen molar-refractivity contribution in [3.8, 4) is 0 Å². The van der Waals surface area contributed by atoms with E-state index < -0.39 is 0 Å². The molecule has 1 nitrogen and oxygen atoms in total. The van der Waals surface area contributed by atoms with Crippen molar-refractivity contribution in [2.24, 2.45) is 5.92 Å². The summed E-state index contributed by atoms with van der Waals surface area (Å²) in [6.07, 6.45) is 54.2. The van der Waals surface area contributed by atoms with Crippen molar-refractivity contribution in [3.63, 3.8) is 0 Å². The van der Waals surface area contributed by atoms with Crippen molar-refractivity contribution in [2.45, 2.75) is 271 Å². The molecule has 0 aliphatic heterocycles. The van der Waals surface area contributed by atoms with Crippen LogP contribution in [0.5, 0.6) is 0 Å². The van der Waals surface area contributed by atoms with Gasteiger partial charge >= 0.3 is 0 Å². The summed E-state index contributed by atoms with van der Waals surface area (Å²) in [6, 6.07) is 0. The van der Waals surface area contributed by atoms with Crippen molar-refractivity contribution in [3.05, 3.63) is 0 Å². The fourth-order valence-corrected chi connectivity index (χ4v) is 9.01. The topological polar surface area (TPSA) is 3.24 Å². The minimum atomic E-state index is 0.470. The monoisotopic (exact) mass is 646 g/mol. The van der Waals surface area contributed by atoms with Gasteiger partial charge in [-0.3, -0.25) is 4.90 Å². The molecule has 46 heavy (non-hydrogen) atoms. The molecule has 1 aliphatic carbocycles. The van der Waals surface area contributed by atoms with E-state index in [1.54, 1.807) is 0 Å². The molecule has 0 aromatic carbocycles. The van der Waals surface area contributed by atoms with Crippen LogP contribution in [-0.4, -0.2) is 23.5 Å². The summed E-state index contributed by atoms with van der Waals surface area (Å²) in [6.45, 7) is 12.3. The maximum atomic E-state index is 3.12. The van der Waals surface area contributed by atoms with Crippen LogP contribution in [0, 0.1) is 5.92 Å². The summed E-state index contributed by atoms with van der Waals surface area (Å²) >= 11 is 0. The van der Waals surface area contributed by atoms with Crippen molar-refractivity contribution >= 4 is 0 Å². The second kappa shape index (κ2) is 33.5. The van der Waals surface area contributed by atoms with E-state index in [1.807, 2.05) is 0 Å². The largest absolute Gasteiger partial charge is 0.297 e. The van der Waals surface area contributed by atoms with E-state index >= 15 is 0 Å². The maximum Gasteiger partial charge on any atom is 0.0237 e. The van der Waals surface area contributed by atoms with Crippen LogP contribution < -0.4 is 0 Å². The minimum absolute atomic E-state index is 0.470. The second-order valence-electron chi connectivity index (χ2n) is 16.1. The zero-order valence-electron chi connectivity index (χ0n) is 33.1. The first kappa shape index (κ1) is 44.0. The lowest BCUT2D eigenvalue weighted by molar-refractivity contribution is -0.000192. The maximum absolute atomic E-state index is 3.12. The highest BCUT2D eigenvalue weighted by atomic mass is 15.2. The molecule has 0 saturated heterocycles. The van der Waals surface area contributed by atoms with Crippen LogP contribution in [-0.2, 0) is 0 Å². The molecule has 1 heteroatoms. The Kier molecular flexibility index (Phi) is 32.0. The molecule has 1 rings (SSSR count). The third kappa shape index (κ3) is 22.6. The summed E-state index contributed by atoms with van der Waals surface area (Å²) in [5.41, 5.74) is 0.470. The van der Waals surface area contributed by atoms with Gasteiger partial charge in [-0.05, 0) is 57.5 Å². The van der Waals surface area contributed by atoms with Crippen molar-refractivity contribution in [1.82, 2.24) is 4.90 Å². The van der Waals surface area contributed by atoms with E-state index in [9.17, 15) is 0 Å². The normalized spacial score (nSPS) is 17.2. The van der Waals surface area contributed by atoms with Gasteiger partial charge in [0, 0.05) is 5.54 Å². The first-order valence-electron chi connectivity index (χ1n) is 22.5. The molecule has 0 bridgehead atoms. The Hall–Kier alpha value is -0.0400. The van der Waals surface area contributed by atoms with Crippen LogP contribution in [0.2, 0.25) is 0 Å². The van der Waals surface area contributed by atoms with Crippen LogP contribution in [0.3, 0.4) is 0 Å². The number of unbranched alkanes of at least 4 members (excludes halogenated alkanes) is 20. The molecule has 276 valence electrons. The molecular formula is C45H91N. The Balaban J connectivity index is 2.48. The predicted molar refractivity (Wildman–Crippen MR) is 211 cm³/mol. The Bertz CT molecular complexity index is 566. The Morgan fingerprint density at radius 2 is 0.674 bits per heavy atom. The van der Waals surface area contributed by atoms with Crippen LogP contribution in [0.1, 0.15) is 265 Å². The first-order valence-corrected chi connectivity index (χ1v) is 22.5. The highest BCUT2D eigenvalue weighted by molar-refractivity contribution is 4.96. The van der Waals surface area contributed by atoms with Crippen LogP contribution in [0.25, 0.3) is 0 Å². The van der Waals surface area contributed by atoms with Gasteiger partial charge in [-0.2, -0.15) is 0 Å². The van der Waals surface area contributed by atoms with Gasteiger partial charge < -0.3 is 0 Å². The van der Waals surface area contributed by atoms with Gasteiger partial charge in [-0.1, -0.05) is 227 Å². The first-order chi connectivity index (χ1) is 22.7. The zero-order chi connectivity index (χ0) is 33.2. The van der Waals surface area contributed by atoms with Gasteiger partial charge in [0.15, 0.2) is 0 Å². The van der Waals surface area contributed by atoms with Gasteiger partial charge in [-0.15, -0.1) is 0 Å². The highest BCUT2D eigenvalue weighted by Gasteiger charge is 2.41.